The van der Waals surface area contributed by atoms with E-state index in [9.17, 15) is 9.59 Å². The molecule has 1 heterocycles. The molecular weight excluding hydrogens is 206 g/mol. The van der Waals surface area contributed by atoms with Gasteiger partial charge in [-0.1, -0.05) is 18.2 Å². The third kappa shape index (κ3) is 1.30. The third-order valence-corrected chi connectivity index (χ3v) is 2.60. The van der Waals surface area contributed by atoms with Crippen LogP contribution in [0.15, 0.2) is 29.1 Å². The molecule has 0 aliphatic rings. The Hall–Kier alpha value is -2.14. The first-order valence-electron chi connectivity index (χ1n) is 4.74. The lowest BCUT2D eigenvalue weighted by Gasteiger charge is -2.12. The van der Waals surface area contributed by atoms with Crippen molar-refractivity contribution in [2.24, 2.45) is 12.9 Å². The van der Waals surface area contributed by atoms with E-state index in [0.29, 0.717) is 28.4 Å². The molecule has 2 rings (SSSR count). The van der Waals surface area contributed by atoms with Gasteiger partial charge in [-0.15, -0.1) is 0 Å². The maximum Gasteiger partial charge on any atom is 0.259 e. The number of aromatic nitrogens is 1. The van der Waals surface area contributed by atoms with Gasteiger partial charge in [0.1, 0.15) is 5.82 Å². The molecule has 0 unspecified atom stereocenters. The number of hydrogen-bond donors (Lipinski definition) is 2. The van der Waals surface area contributed by atoms with Crippen molar-refractivity contribution < 1.29 is 4.79 Å². The van der Waals surface area contributed by atoms with Crippen LogP contribution >= 0.6 is 0 Å². The fraction of sp³-hybridized carbons (Fsp3) is 0.0909. The summed E-state index contributed by atoms with van der Waals surface area (Å²) >= 11 is 0. The maximum atomic E-state index is 11.9. The zero-order chi connectivity index (χ0) is 11.7. The van der Waals surface area contributed by atoms with Gasteiger partial charge in [-0.25, -0.2) is 5.84 Å². The van der Waals surface area contributed by atoms with Crippen LogP contribution in [0.2, 0.25) is 0 Å². The minimum Gasteiger partial charge on any atom is -0.309 e. The Bertz CT molecular complexity index is 616. The molecule has 0 bridgehead atoms. The molecule has 3 N–H and O–H groups in total. The van der Waals surface area contributed by atoms with Gasteiger partial charge in [0.2, 0.25) is 0 Å². The van der Waals surface area contributed by atoms with Gasteiger partial charge in [-0.05, 0) is 6.07 Å². The Morgan fingerprint density at radius 1 is 1.31 bits per heavy atom. The molecule has 0 amide bonds. The molecule has 0 aliphatic heterocycles. The summed E-state index contributed by atoms with van der Waals surface area (Å²) in [4.78, 5) is 23.0. The van der Waals surface area contributed by atoms with Crippen LogP contribution in [0.5, 0.6) is 0 Å². The van der Waals surface area contributed by atoms with Crippen LogP contribution < -0.4 is 16.8 Å². The van der Waals surface area contributed by atoms with Crippen LogP contribution in [0, 0.1) is 0 Å². The topological polar surface area (TPSA) is 77.1 Å². The Labute approximate surface area is 91.5 Å². The van der Waals surface area contributed by atoms with Crippen molar-refractivity contribution in [1.82, 2.24) is 4.57 Å². The summed E-state index contributed by atoms with van der Waals surface area (Å²) in [7, 11) is 1.57. The number of nitrogen functional groups attached to an aromatic ring is 1. The Kier molecular flexibility index (Phi) is 2.46. The standard InChI is InChI=1S/C11H11N3O2/c1-14-10(13-12)9(6-15)7-4-2-3-5-8(7)11(14)16/h2-6,13H,12H2,1H3. The summed E-state index contributed by atoms with van der Waals surface area (Å²) < 4.78 is 1.33. The Morgan fingerprint density at radius 3 is 2.50 bits per heavy atom. The number of benzene rings is 1. The second-order valence-corrected chi connectivity index (χ2v) is 3.43. The van der Waals surface area contributed by atoms with E-state index in [2.05, 4.69) is 5.43 Å². The number of hydrogen-bond acceptors (Lipinski definition) is 4. The van der Waals surface area contributed by atoms with E-state index in [-0.39, 0.29) is 5.56 Å². The molecule has 0 radical (unpaired) electrons. The second kappa shape index (κ2) is 3.79. The lowest BCUT2D eigenvalue weighted by atomic mass is 10.1. The molecule has 82 valence electrons. The molecule has 0 spiro atoms. The molecule has 1 aromatic carbocycles. The summed E-state index contributed by atoms with van der Waals surface area (Å²) in [5, 5.41) is 1.11. The smallest absolute Gasteiger partial charge is 0.259 e. The van der Waals surface area contributed by atoms with Crippen molar-refractivity contribution in [3.63, 3.8) is 0 Å². The summed E-state index contributed by atoms with van der Waals surface area (Å²) in [5.41, 5.74) is 2.58. The number of nitrogens with zero attached hydrogens (tertiary/aromatic N) is 1. The van der Waals surface area contributed by atoms with Gasteiger partial charge in [-0.2, -0.15) is 0 Å². The predicted molar refractivity (Wildman–Crippen MR) is 62.4 cm³/mol. The van der Waals surface area contributed by atoms with E-state index in [1.807, 2.05) is 0 Å². The molecule has 0 saturated heterocycles. The first-order chi connectivity index (χ1) is 7.70. The minimum absolute atomic E-state index is 0.186. The van der Waals surface area contributed by atoms with Crippen molar-refractivity contribution in [2.45, 2.75) is 0 Å². The molecule has 0 aliphatic carbocycles. The summed E-state index contributed by atoms with van der Waals surface area (Å²) in [5.74, 6) is 5.64. The Balaban J connectivity index is 3.06. The van der Waals surface area contributed by atoms with Gasteiger partial charge in [0.15, 0.2) is 6.29 Å². The van der Waals surface area contributed by atoms with E-state index in [1.165, 1.54) is 4.57 Å². The van der Waals surface area contributed by atoms with E-state index < -0.39 is 0 Å². The number of fused-ring (bicyclic) bond motifs is 1. The zero-order valence-electron chi connectivity index (χ0n) is 8.73. The number of anilines is 1. The first kappa shape index (κ1) is 10.4. The minimum atomic E-state index is -0.186. The number of aldehydes is 1. The van der Waals surface area contributed by atoms with Gasteiger partial charge in [-0.3, -0.25) is 14.2 Å². The molecule has 5 heteroatoms. The van der Waals surface area contributed by atoms with Crippen molar-refractivity contribution >= 4 is 22.9 Å². The fourth-order valence-corrected chi connectivity index (χ4v) is 1.79. The molecule has 1 aromatic heterocycles. The number of rotatable bonds is 2. The third-order valence-electron chi connectivity index (χ3n) is 2.60. The lowest BCUT2D eigenvalue weighted by molar-refractivity contribution is 0.112. The average Bonchev–Trinajstić information content (AvgIpc) is 2.33. The number of pyridine rings is 1. The normalized spacial score (nSPS) is 10.4. The Morgan fingerprint density at radius 2 is 1.94 bits per heavy atom. The van der Waals surface area contributed by atoms with Crippen LogP contribution in [-0.4, -0.2) is 10.9 Å². The van der Waals surface area contributed by atoms with Crippen molar-refractivity contribution in [3.8, 4) is 0 Å². The quantitative estimate of drug-likeness (QED) is 0.439. The van der Waals surface area contributed by atoms with Crippen LogP contribution in [0.1, 0.15) is 10.4 Å². The summed E-state index contributed by atoms with van der Waals surface area (Å²) in [6.07, 6.45) is 0.691. The molecule has 0 fully saturated rings. The van der Waals surface area contributed by atoms with Crippen molar-refractivity contribution in [1.29, 1.82) is 0 Å². The van der Waals surface area contributed by atoms with E-state index in [4.69, 9.17) is 5.84 Å². The predicted octanol–water partition coefficient (Wildman–Crippen LogP) is 0.637. The number of hydrazine groups is 1. The van der Waals surface area contributed by atoms with Gasteiger partial charge in [0.05, 0.1) is 5.56 Å². The van der Waals surface area contributed by atoms with E-state index in [0.717, 1.165) is 0 Å². The average molecular weight is 217 g/mol. The maximum absolute atomic E-state index is 11.9. The first-order valence-corrected chi connectivity index (χ1v) is 4.74. The lowest BCUT2D eigenvalue weighted by Crippen LogP contribution is -2.25. The van der Waals surface area contributed by atoms with Crippen molar-refractivity contribution in [2.75, 3.05) is 5.43 Å². The number of nitrogens with one attached hydrogen (secondary N) is 1. The highest BCUT2D eigenvalue weighted by Crippen LogP contribution is 2.20. The second-order valence-electron chi connectivity index (χ2n) is 3.43. The highest BCUT2D eigenvalue weighted by Gasteiger charge is 2.12. The summed E-state index contributed by atoms with van der Waals surface area (Å²) in [6.45, 7) is 0. The largest absolute Gasteiger partial charge is 0.309 e. The highest BCUT2D eigenvalue weighted by atomic mass is 16.1. The number of carbonyl (C=O) groups excluding carboxylic acids is 1. The van der Waals surface area contributed by atoms with E-state index >= 15 is 0 Å². The fourth-order valence-electron chi connectivity index (χ4n) is 1.79. The van der Waals surface area contributed by atoms with Crippen LogP contribution in [0.4, 0.5) is 5.82 Å². The van der Waals surface area contributed by atoms with Crippen LogP contribution in [0.25, 0.3) is 10.8 Å². The SMILES string of the molecule is Cn1c(NN)c(C=O)c2ccccc2c1=O. The van der Waals surface area contributed by atoms with Gasteiger partial charge in [0.25, 0.3) is 5.56 Å². The number of nitrogens with two attached hydrogens (primary N) is 1. The molecule has 16 heavy (non-hydrogen) atoms. The number of carbonyl (C=O) groups is 1. The highest BCUT2D eigenvalue weighted by molar-refractivity contribution is 6.02. The molecule has 2 aromatic rings. The molecule has 5 nitrogen and oxygen atoms in total. The van der Waals surface area contributed by atoms with Gasteiger partial charge < -0.3 is 5.43 Å². The van der Waals surface area contributed by atoms with E-state index in [1.54, 1.807) is 31.3 Å². The monoisotopic (exact) mass is 217 g/mol. The molecule has 0 atom stereocenters. The van der Waals surface area contributed by atoms with Gasteiger partial charge in [0, 0.05) is 17.8 Å². The zero-order valence-corrected chi connectivity index (χ0v) is 8.73. The van der Waals surface area contributed by atoms with Crippen molar-refractivity contribution in [3.05, 3.63) is 40.2 Å². The summed E-state index contributed by atoms with van der Waals surface area (Å²) in [6, 6.07) is 6.94. The molecule has 0 saturated carbocycles. The van der Waals surface area contributed by atoms with Crippen LogP contribution in [0.3, 0.4) is 0 Å². The van der Waals surface area contributed by atoms with Gasteiger partial charge >= 0.3 is 0 Å². The molecular formula is C11H11N3O2. The van der Waals surface area contributed by atoms with Crippen LogP contribution in [-0.2, 0) is 7.05 Å².